The number of ether oxygens (including phenoxy) is 1. The highest BCUT2D eigenvalue weighted by Gasteiger charge is 2.20. The molecule has 1 amide bonds. The third-order valence-electron chi connectivity index (χ3n) is 5.16. The molecule has 0 atom stereocenters. The van der Waals surface area contributed by atoms with Crippen LogP contribution in [0, 0.1) is 6.92 Å². The molecule has 0 unspecified atom stereocenters. The van der Waals surface area contributed by atoms with Crippen LogP contribution in [0.4, 0.5) is 5.69 Å². The Labute approximate surface area is 170 Å². The zero-order chi connectivity index (χ0) is 20.2. The van der Waals surface area contributed by atoms with E-state index in [1.54, 1.807) is 18.0 Å². The zero-order valence-electron chi connectivity index (χ0n) is 16.8. The number of morpholine rings is 1. The second-order valence-electron chi connectivity index (χ2n) is 7.33. The summed E-state index contributed by atoms with van der Waals surface area (Å²) in [5, 5.41) is 4.00. The molecule has 29 heavy (non-hydrogen) atoms. The fourth-order valence-corrected chi connectivity index (χ4v) is 3.51. The number of hydrogen-bond donors (Lipinski definition) is 0. The van der Waals surface area contributed by atoms with Gasteiger partial charge in [-0.05, 0) is 18.6 Å². The van der Waals surface area contributed by atoms with Gasteiger partial charge in [-0.2, -0.15) is 0 Å². The van der Waals surface area contributed by atoms with E-state index in [-0.39, 0.29) is 5.91 Å². The molecule has 0 N–H and O–H groups in total. The second-order valence-corrected chi connectivity index (χ2v) is 7.33. The maximum absolute atomic E-state index is 12.9. The van der Waals surface area contributed by atoms with E-state index in [0.29, 0.717) is 18.0 Å². The van der Waals surface area contributed by atoms with Gasteiger partial charge in [0.1, 0.15) is 0 Å². The number of anilines is 1. The fourth-order valence-electron chi connectivity index (χ4n) is 3.51. The van der Waals surface area contributed by atoms with Gasteiger partial charge in [0, 0.05) is 44.0 Å². The molecule has 1 fully saturated rings. The summed E-state index contributed by atoms with van der Waals surface area (Å²) in [6, 6.07) is 17.8. The lowest BCUT2D eigenvalue weighted by molar-refractivity contribution is 0.0774. The summed E-state index contributed by atoms with van der Waals surface area (Å²) < 4.78 is 10.9. The third kappa shape index (κ3) is 4.32. The van der Waals surface area contributed by atoms with Crippen LogP contribution in [0.5, 0.6) is 0 Å². The number of benzene rings is 2. The number of aromatic nitrogens is 1. The number of amides is 1. The number of aryl methyl sites for hydroxylation is 1. The minimum Gasteiger partial charge on any atom is -0.378 e. The highest BCUT2D eigenvalue weighted by Crippen LogP contribution is 2.24. The summed E-state index contributed by atoms with van der Waals surface area (Å²) >= 11 is 0. The molecule has 6 heteroatoms. The van der Waals surface area contributed by atoms with Crippen LogP contribution >= 0.6 is 0 Å². The van der Waals surface area contributed by atoms with Crippen LogP contribution in [-0.4, -0.2) is 49.3 Å². The average Bonchev–Trinajstić information content (AvgIpc) is 3.25. The lowest BCUT2D eigenvalue weighted by atomic mass is 10.1. The first-order valence-electron chi connectivity index (χ1n) is 9.81. The van der Waals surface area contributed by atoms with E-state index in [9.17, 15) is 4.79 Å². The molecule has 1 aromatic heterocycles. The number of para-hydroxylation sites is 1. The van der Waals surface area contributed by atoms with Gasteiger partial charge in [0.2, 0.25) is 0 Å². The summed E-state index contributed by atoms with van der Waals surface area (Å²) in [6.45, 7) is 5.70. The van der Waals surface area contributed by atoms with Gasteiger partial charge in [-0.25, -0.2) is 0 Å². The van der Waals surface area contributed by atoms with E-state index in [0.717, 1.165) is 43.1 Å². The van der Waals surface area contributed by atoms with Crippen LogP contribution < -0.4 is 4.90 Å². The minimum atomic E-state index is -0.163. The Bertz CT molecular complexity index is 975. The number of hydrogen-bond acceptors (Lipinski definition) is 5. The maximum Gasteiger partial charge on any atom is 0.276 e. The molecule has 6 nitrogen and oxygen atoms in total. The molecule has 3 aromatic rings. The van der Waals surface area contributed by atoms with Crippen LogP contribution in [0.3, 0.4) is 0 Å². The molecular formula is C23H25N3O3. The van der Waals surface area contributed by atoms with Gasteiger partial charge >= 0.3 is 0 Å². The van der Waals surface area contributed by atoms with Crippen LogP contribution in [0.15, 0.2) is 59.1 Å². The second kappa shape index (κ2) is 8.49. The lowest BCUT2D eigenvalue weighted by Crippen LogP contribution is -2.37. The van der Waals surface area contributed by atoms with Crippen molar-refractivity contribution < 1.29 is 14.1 Å². The summed E-state index contributed by atoms with van der Waals surface area (Å²) in [4.78, 5) is 16.9. The monoisotopic (exact) mass is 391 g/mol. The van der Waals surface area contributed by atoms with Crippen molar-refractivity contribution in [2.45, 2.75) is 13.5 Å². The fraction of sp³-hybridized carbons (Fsp3) is 0.304. The molecule has 150 valence electrons. The van der Waals surface area contributed by atoms with E-state index in [4.69, 9.17) is 9.26 Å². The van der Waals surface area contributed by atoms with Gasteiger partial charge < -0.3 is 19.1 Å². The van der Waals surface area contributed by atoms with Crippen molar-refractivity contribution >= 4 is 11.6 Å². The molecule has 4 rings (SSSR count). The van der Waals surface area contributed by atoms with E-state index >= 15 is 0 Å². The van der Waals surface area contributed by atoms with Gasteiger partial charge in [0.25, 0.3) is 5.91 Å². The normalized spacial score (nSPS) is 14.1. The summed E-state index contributed by atoms with van der Waals surface area (Å²) in [5.41, 5.74) is 4.64. The Balaban J connectivity index is 1.49. The molecule has 0 aliphatic carbocycles. The quantitative estimate of drug-likeness (QED) is 0.663. The first-order valence-corrected chi connectivity index (χ1v) is 9.81. The van der Waals surface area contributed by atoms with Crippen molar-refractivity contribution in [2.24, 2.45) is 0 Å². The molecule has 1 aliphatic heterocycles. The number of carbonyl (C=O) groups is 1. The van der Waals surface area contributed by atoms with Gasteiger partial charge in [0.15, 0.2) is 11.5 Å². The van der Waals surface area contributed by atoms with Crippen molar-refractivity contribution in [1.82, 2.24) is 10.1 Å². The number of carbonyl (C=O) groups excluding carboxylic acids is 1. The smallest absolute Gasteiger partial charge is 0.276 e. The molecule has 0 saturated carbocycles. The van der Waals surface area contributed by atoms with Gasteiger partial charge in [-0.15, -0.1) is 0 Å². The van der Waals surface area contributed by atoms with E-state index in [1.165, 1.54) is 5.56 Å². The van der Waals surface area contributed by atoms with Gasteiger partial charge in [0.05, 0.1) is 13.2 Å². The van der Waals surface area contributed by atoms with Crippen molar-refractivity contribution in [3.8, 4) is 11.3 Å². The third-order valence-corrected chi connectivity index (χ3v) is 5.16. The van der Waals surface area contributed by atoms with Crippen molar-refractivity contribution in [1.29, 1.82) is 0 Å². The molecular weight excluding hydrogens is 366 g/mol. The first-order chi connectivity index (χ1) is 14.1. The van der Waals surface area contributed by atoms with Crippen molar-refractivity contribution in [3.63, 3.8) is 0 Å². The molecule has 2 aromatic carbocycles. The van der Waals surface area contributed by atoms with Crippen LogP contribution in [0.25, 0.3) is 11.3 Å². The maximum atomic E-state index is 12.9. The number of rotatable bonds is 5. The predicted molar refractivity (Wildman–Crippen MR) is 112 cm³/mol. The Hall–Kier alpha value is -3.12. The topological polar surface area (TPSA) is 58.8 Å². The molecule has 0 radical (unpaired) electrons. The Morgan fingerprint density at radius 3 is 2.59 bits per heavy atom. The van der Waals surface area contributed by atoms with Crippen LogP contribution in [0.2, 0.25) is 0 Å². The number of nitrogens with zero attached hydrogens (tertiary/aromatic N) is 3. The molecule has 1 saturated heterocycles. The van der Waals surface area contributed by atoms with Crippen molar-refractivity contribution in [2.75, 3.05) is 38.3 Å². The van der Waals surface area contributed by atoms with Crippen LogP contribution in [-0.2, 0) is 11.3 Å². The van der Waals surface area contributed by atoms with E-state index < -0.39 is 0 Å². The molecule has 0 spiro atoms. The zero-order valence-corrected chi connectivity index (χ0v) is 16.8. The summed E-state index contributed by atoms with van der Waals surface area (Å²) in [7, 11) is 1.79. The Morgan fingerprint density at radius 1 is 1.10 bits per heavy atom. The van der Waals surface area contributed by atoms with Gasteiger partial charge in [-0.3, -0.25) is 4.79 Å². The van der Waals surface area contributed by atoms with Crippen LogP contribution in [0.1, 0.15) is 21.6 Å². The standard InChI is InChI=1S/C23H25N3O3/c1-17-7-9-18(10-8-17)22-15-20(24-29-22)23(27)25(2)16-19-5-3-4-6-21(19)26-11-13-28-14-12-26/h3-10,15H,11-14,16H2,1-2H3. The summed E-state index contributed by atoms with van der Waals surface area (Å²) in [5.74, 6) is 0.430. The average molecular weight is 391 g/mol. The highest BCUT2D eigenvalue weighted by atomic mass is 16.5. The highest BCUT2D eigenvalue weighted by molar-refractivity contribution is 5.93. The Morgan fingerprint density at radius 2 is 1.83 bits per heavy atom. The lowest BCUT2D eigenvalue weighted by Gasteiger charge is -2.31. The minimum absolute atomic E-state index is 0.163. The first kappa shape index (κ1) is 19.2. The van der Waals surface area contributed by atoms with E-state index in [2.05, 4.69) is 22.2 Å². The summed E-state index contributed by atoms with van der Waals surface area (Å²) in [6.07, 6.45) is 0. The predicted octanol–water partition coefficient (Wildman–Crippen LogP) is 3.76. The largest absolute Gasteiger partial charge is 0.378 e. The Kier molecular flexibility index (Phi) is 5.62. The van der Waals surface area contributed by atoms with Crippen molar-refractivity contribution in [3.05, 3.63) is 71.4 Å². The molecule has 2 heterocycles. The van der Waals surface area contributed by atoms with Gasteiger partial charge in [-0.1, -0.05) is 53.2 Å². The molecule has 0 bridgehead atoms. The SMILES string of the molecule is Cc1ccc(-c2cc(C(=O)N(C)Cc3ccccc3N3CCOCC3)no2)cc1. The molecule has 1 aliphatic rings. The van der Waals surface area contributed by atoms with E-state index in [1.807, 2.05) is 43.3 Å².